The lowest BCUT2D eigenvalue weighted by atomic mass is 10.1. The van der Waals surface area contributed by atoms with Crippen LogP contribution in [0, 0.1) is 0 Å². The molecule has 1 saturated heterocycles. The Labute approximate surface area is 116 Å². The number of rotatable bonds is 6. The van der Waals surface area contributed by atoms with Crippen LogP contribution in [0.3, 0.4) is 0 Å². The van der Waals surface area contributed by atoms with E-state index >= 15 is 0 Å². The van der Waals surface area contributed by atoms with Gasteiger partial charge in [-0.2, -0.15) is 0 Å². The quantitative estimate of drug-likeness (QED) is 0.737. The van der Waals surface area contributed by atoms with Gasteiger partial charge < -0.3 is 11.1 Å². The van der Waals surface area contributed by atoms with Crippen molar-refractivity contribution in [1.82, 2.24) is 10.2 Å². The van der Waals surface area contributed by atoms with E-state index in [1.807, 2.05) is 30.3 Å². The van der Waals surface area contributed by atoms with Crippen LogP contribution in [0.15, 0.2) is 30.3 Å². The number of hydrogen-bond donors (Lipinski definition) is 2. The largest absolute Gasteiger partial charge is 0.370 e. The van der Waals surface area contributed by atoms with E-state index in [9.17, 15) is 14.4 Å². The van der Waals surface area contributed by atoms with E-state index in [-0.39, 0.29) is 18.9 Å². The van der Waals surface area contributed by atoms with Crippen molar-refractivity contribution in [2.45, 2.75) is 25.3 Å². The Balaban J connectivity index is 1.89. The van der Waals surface area contributed by atoms with E-state index in [0.29, 0.717) is 12.8 Å². The summed E-state index contributed by atoms with van der Waals surface area (Å²) in [5.74, 6) is -0.814. The van der Waals surface area contributed by atoms with Gasteiger partial charge in [0.05, 0.1) is 0 Å². The number of nitrogens with one attached hydrogen (secondary N) is 1. The number of imide groups is 1. The number of carbonyl (C=O) groups excluding carboxylic acids is 3. The van der Waals surface area contributed by atoms with Gasteiger partial charge in [-0.1, -0.05) is 30.3 Å². The molecule has 4 amide bonds. The standard InChI is InChI=1S/C14H17N3O3/c15-12(18)8-9-17-13(19)11(16-14(17)20)7-6-10-4-2-1-3-5-10/h1-5,11H,6-9H2,(H2,15,18)(H,16,20)/t11-/m1/s1. The van der Waals surface area contributed by atoms with E-state index in [4.69, 9.17) is 5.73 Å². The fourth-order valence-corrected chi connectivity index (χ4v) is 2.16. The number of amides is 4. The highest BCUT2D eigenvalue weighted by Gasteiger charge is 2.37. The van der Waals surface area contributed by atoms with Crippen molar-refractivity contribution < 1.29 is 14.4 Å². The van der Waals surface area contributed by atoms with Gasteiger partial charge in [0, 0.05) is 13.0 Å². The summed E-state index contributed by atoms with van der Waals surface area (Å²) in [6.45, 7) is 0.0435. The van der Waals surface area contributed by atoms with Gasteiger partial charge in [0.1, 0.15) is 6.04 Å². The molecule has 1 atom stereocenters. The molecule has 1 aliphatic heterocycles. The lowest BCUT2D eigenvalue weighted by Crippen LogP contribution is -2.34. The average molecular weight is 275 g/mol. The first-order chi connectivity index (χ1) is 9.58. The SMILES string of the molecule is NC(=O)CCN1C(=O)N[C@H](CCc2ccccc2)C1=O. The maximum atomic E-state index is 12.0. The van der Waals surface area contributed by atoms with E-state index < -0.39 is 18.0 Å². The summed E-state index contributed by atoms with van der Waals surface area (Å²) in [4.78, 5) is 35.5. The maximum absolute atomic E-state index is 12.0. The summed E-state index contributed by atoms with van der Waals surface area (Å²) < 4.78 is 0. The minimum atomic E-state index is -0.529. The molecular weight excluding hydrogens is 258 g/mol. The van der Waals surface area contributed by atoms with Gasteiger partial charge in [-0.25, -0.2) is 4.79 Å². The highest BCUT2D eigenvalue weighted by Crippen LogP contribution is 2.13. The predicted molar refractivity (Wildman–Crippen MR) is 72.6 cm³/mol. The van der Waals surface area contributed by atoms with Crippen molar-refractivity contribution in [2.75, 3.05) is 6.54 Å². The molecular formula is C14H17N3O3. The molecule has 6 heteroatoms. The Kier molecular flexibility index (Phi) is 4.34. The topological polar surface area (TPSA) is 92.5 Å². The molecule has 1 aliphatic rings. The summed E-state index contributed by atoms with van der Waals surface area (Å²) in [5.41, 5.74) is 6.14. The third-order valence-corrected chi connectivity index (χ3v) is 3.25. The van der Waals surface area contributed by atoms with Crippen molar-refractivity contribution in [3.05, 3.63) is 35.9 Å². The normalized spacial score (nSPS) is 18.2. The smallest absolute Gasteiger partial charge is 0.324 e. The first kappa shape index (κ1) is 14.0. The molecule has 2 rings (SSSR count). The van der Waals surface area contributed by atoms with E-state index in [2.05, 4.69) is 5.32 Å². The molecule has 0 unspecified atom stereocenters. The molecule has 1 aromatic carbocycles. The number of primary amides is 1. The van der Waals surface area contributed by atoms with Crippen LogP contribution in [-0.2, 0) is 16.0 Å². The van der Waals surface area contributed by atoms with Crippen LogP contribution in [0.1, 0.15) is 18.4 Å². The molecule has 0 aliphatic carbocycles. The van der Waals surface area contributed by atoms with Crippen molar-refractivity contribution in [3.63, 3.8) is 0 Å². The van der Waals surface area contributed by atoms with E-state index in [1.165, 1.54) is 0 Å². The number of carbonyl (C=O) groups is 3. The van der Waals surface area contributed by atoms with Gasteiger partial charge >= 0.3 is 6.03 Å². The Bertz CT molecular complexity index is 516. The zero-order chi connectivity index (χ0) is 14.5. The molecule has 6 nitrogen and oxygen atoms in total. The van der Waals surface area contributed by atoms with Crippen LogP contribution in [0.25, 0.3) is 0 Å². The van der Waals surface area contributed by atoms with Gasteiger partial charge in [0.25, 0.3) is 5.91 Å². The summed E-state index contributed by atoms with van der Waals surface area (Å²) in [6, 6.07) is 8.79. The molecule has 3 N–H and O–H groups in total. The monoisotopic (exact) mass is 275 g/mol. The van der Waals surface area contributed by atoms with Crippen LogP contribution < -0.4 is 11.1 Å². The molecule has 0 radical (unpaired) electrons. The van der Waals surface area contributed by atoms with Crippen molar-refractivity contribution in [3.8, 4) is 0 Å². The first-order valence-corrected chi connectivity index (χ1v) is 6.52. The van der Waals surface area contributed by atoms with Crippen LogP contribution >= 0.6 is 0 Å². The Morgan fingerprint density at radius 3 is 2.60 bits per heavy atom. The summed E-state index contributed by atoms with van der Waals surface area (Å²) >= 11 is 0. The first-order valence-electron chi connectivity index (χ1n) is 6.52. The van der Waals surface area contributed by atoms with Crippen LogP contribution in [-0.4, -0.2) is 35.3 Å². The second-order valence-corrected chi connectivity index (χ2v) is 4.73. The third kappa shape index (κ3) is 3.34. The zero-order valence-electron chi connectivity index (χ0n) is 11.0. The molecule has 106 valence electrons. The van der Waals surface area contributed by atoms with E-state index in [1.54, 1.807) is 0 Å². The number of aryl methyl sites for hydroxylation is 1. The van der Waals surface area contributed by atoms with Crippen LogP contribution in [0.2, 0.25) is 0 Å². The zero-order valence-corrected chi connectivity index (χ0v) is 11.0. The molecule has 20 heavy (non-hydrogen) atoms. The fourth-order valence-electron chi connectivity index (χ4n) is 2.16. The summed E-state index contributed by atoms with van der Waals surface area (Å²) in [7, 11) is 0. The Hall–Kier alpha value is -2.37. The van der Waals surface area contributed by atoms with Crippen molar-refractivity contribution in [1.29, 1.82) is 0 Å². The minimum Gasteiger partial charge on any atom is -0.370 e. The lowest BCUT2D eigenvalue weighted by molar-refractivity contribution is -0.128. The number of urea groups is 1. The molecule has 1 fully saturated rings. The Morgan fingerprint density at radius 1 is 1.25 bits per heavy atom. The Morgan fingerprint density at radius 2 is 1.95 bits per heavy atom. The second kappa shape index (κ2) is 6.18. The third-order valence-electron chi connectivity index (χ3n) is 3.25. The van der Waals surface area contributed by atoms with Gasteiger partial charge in [0.15, 0.2) is 0 Å². The van der Waals surface area contributed by atoms with Gasteiger partial charge in [0.2, 0.25) is 5.91 Å². The van der Waals surface area contributed by atoms with E-state index in [0.717, 1.165) is 10.5 Å². The highest BCUT2D eigenvalue weighted by molar-refractivity contribution is 6.04. The van der Waals surface area contributed by atoms with Crippen molar-refractivity contribution in [2.24, 2.45) is 5.73 Å². The molecule has 1 aromatic rings. The van der Waals surface area contributed by atoms with Crippen LogP contribution in [0.5, 0.6) is 0 Å². The maximum Gasteiger partial charge on any atom is 0.324 e. The number of nitrogens with zero attached hydrogens (tertiary/aromatic N) is 1. The minimum absolute atomic E-state index is 0.00936. The molecule has 0 saturated carbocycles. The van der Waals surface area contributed by atoms with Crippen molar-refractivity contribution >= 4 is 17.8 Å². The summed E-state index contributed by atoms with van der Waals surface area (Å²) in [6.07, 6.45) is 1.24. The predicted octanol–water partition coefficient (Wildman–Crippen LogP) is 0.415. The highest BCUT2D eigenvalue weighted by atomic mass is 16.2. The summed E-state index contributed by atoms with van der Waals surface area (Å²) in [5, 5.41) is 2.63. The van der Waals surface area contributed by atoms with Crippen LogP contribution in [0.4, 0.5) is 4.79 Å². The lowest BCUT2D eigenvalue weighted by Gasteiger charge is -2.11. The second-order valence-electron chi connectivity index (χ2n) is 4.73. The number of hydrogen-bond acceptors (Lipinski definition) is 3. The number of nitrogens with two attached hydrogens (primary N) is 1. The fraction of sp³-hybridized carbons (Fsp3) is 0.357. The molecule has 0 bridgehead atoms. The molecule has 0 spiro atoms. The molecule has 1 heterocycles. The molecule has 0 aromatic heterocycles. The number of benzene rings is 1. The average Bonchev–Trinajstić information content (AvgIpc) is 2.70. The van der Waals surface area contributed by atoms with Gasteiger partial charge in [-0.15, -0.1) is 0 Å². The van der Waals surface area contributed by atoms with Gasteiger partial charge in [-0.3, -0.25) is 14.5 Å². The van der Waals surface area contributed by atoms with Gasteiger partial charge in [-0.05, 0) is 18.4 Å².